The van der Waals surface area contributed by atoms with Crippen LogP contribution in [-0.2, 0) is 0 Å². The van der Waals surface area contributed by atoms with Crippen LogP contribution >= 0.6 is 0 Å². The monoisotopic (exact) mass is 639 g/mol. The highest BCUT2D eigenvalue weighted by Gasteiger charge is 2.17. The first-order valence-corrected chi connectivity index (χ1v) is 16.7. The molecular formula is C45H25N3O2. The number of nitrogens with zero attached hydrogens (tertiary/aromatic N) is 3. The van der Waals surface area contributed by atoms with Crippen molar-refractivity contribution in [1.82, 2.24) is 15.0 Å². The zero-order chi connectivity index (χ0) is 32.8. The lowest BCUT2D eigenvalue weighted by molar-refractivity contribution is 0.668. The number of para-hydroxylation sites is 2. The SMILES string of the molecule is c1ccc2c(c1)oc1cc(-c3nc(-c4ccc5oc6ccccc6c5c4)nc(-c4ccc5c6ccccc6c6ccccc6c5c4)n3)ccc12. The molecular weight excluding hydrogens is 615 g/mol. The molecule has 5 heteroatoms. The third kappa shape index (κ3) is 4.04. The van der Waals surface area contributed by atoms with Crippen LogP contribution in [0.15, 0.2) is 160 Å². The first kappa shape index (κ1) is 27.1. The molecule has 0 unspecified atom stereocenters. The molecule has 0 amide bonds. The van der Waals surface area contributed by atoms with Gasteiger partial charge in [-0.3, -0.25) is 0 Å². The summed E-state index contributed by atoms with van der Waals surface area (Å²) < 4.78 is 12.4. The highest BCUT2D eigenvalue weighted by Crippen LogP contribution is 2.38. The van der Waals surface area contributed by atoms with Gasteiger partial charge in [0.05, 0.1) is 0 Å². The van der Waals surface area contributed by atoms with E-state index in [1.54, 1.807) is 0 Å². The quantitative estimate of drug-likeness (QED) is 0.180. The van der Waals surface area contributed by atoms with Gasteiger partial charge in [0.1, 0.15) is 22.3 Å². The zero-order valence-electron chi connectivity index (χ0n) is 26.6. The smallest absolute Gasteiger partial charge is 0.164 e. The molecule has 0 aliphatic rings. The Morgan fingerprint density at radius 1 is 0.260 bits per heavy atom. The Morgan fingerprint density at radius 2 is 0.620 bits per heavy atom. The van der Waals surface area contributed by atoms with Gasteiger partial charge in [-0.15, -0.1) is 0 Å². The lowest BCUT2D eigenvalue weighted by Gasteiger charge is -2.12. The molecule has 0 radical (unpaired) electrons. The van der Waals surface area contributed by atoms with E-state index in [-0.39, 0.29) is 0 Å². The predicted molar refractivity (Wildman–Crippen MR) is 203 cm³/mol. The number of benzene rings is 8. The van der Waals surface area contributed by atoms with Gasteiger partial charge in [-0.25, -0.2) is 15.0 Å². The predicted octanol–water partition coefficient (Wildman–Crippen LogP) is 12.1. The van der Waals surface area contributed by atoms with Crippen LogP contribution < -0.4 is 0 Å². The molecule has 0 aliphatic heterocycles. The van der Waals surface area contributed by atoms with Crippen LogP contribution in [0.25, 0.3) is 110 Å². The molecule has 11 aromatic rings. The number of aromatic nitrogens is 3. The van der Waals surface area contributed by atoms with Crippen molar-refractivity contribution in [3.05, 3.63) is 152 Å². The van der Waals surface area contributed by atoms with Gasteiger partial charge in [-0.1, -0.05) is 103 Å². The van der Waals surface area contributed by atoms with E-state index in [1.165, 1.54) is 26.9 Å². The van der Waals surface area contributed by atoms with Crippen molar-refractivity contribution in [3.63, 3.8) is 0 Å². The van der Waals surface area contributed by atoms with Crippen molar-refractivity contribution in [2.24, 2.45) is 0 Å². The lowest BCUT2D eigenvalue weighted by atomic mass is 9.93. The molecule has 0 bridgehead atoms. The first-order chi connectivity index (χ1) is 24.7. The average molecular weight is 640 g/mol. The van der Waals surface area contributed by atoms with Crippen LogP contribution in [-0.4, -0.2) is 15.0 Å². The molecule has 232 valence electrons. The van der Waals surface area contributed by atoms with Crippen LogP contribution in [0.2, 0.25) is 0 Å². The molecule has 8 aromatic carbocycles. The fourth-order valence-corrected chi connectivity index (χ4v) is 7.54. The second kappa shape index (κ2) is 10.3. The second-order valence-electron chi connectivity index (χ2n) is 12.8. The summed E-state index contributed by atoms with van der Waals surface area (Å²) in [5.74, 6) is 1.77. The van der Waals surface area contributed by atoms with Crippen LogP contribution in [0.1, 0.15) is 0 Å². The topological polar surface area (TPSA) is 65.0 Å². The molecule has 0 N–H and O–H groups in total. The van der Waals surface area contributed by atoms with Crippen molar-refractivity contribution >= 4 is 76.2 Å². The summed E-state index contributed by atoms with van der Waals surface area (Å²) in [4.78, 5) is 15.4. The van der Waals surface area contributed by atoms with Crippen LogP contribution in [0.3, 0.4) is 0 Å². The largest absolute Gasteiger partial charge is 0.456 e. The normalized spacial score (nSPS) is 12.0. The van der Waals surface area contributed by atoms with Gasteiger partial charge in [0.25, 0.3) is 0 Å². The molecule has 0 saturated heterocycles. The second-order valence-corrected chi connectivity index (χ2v) is 12.8. The summed E-state index contributed by atoms with van der Waals surface area (Å²) in [5.41, 5.74) is 5.99. The Labute approximate surface area is 285 Å². The summed E-state index contributed by atoms with van der Waals surface area (Å²) in [6.07, 6.45) is 0. The molecule has 0 aliphatic carbocycles. The molecule has 50 heavy (non-hydrogen) atoms. The van der Waals surface area contributed by atoms with Crippen LogP contribution in [0.4, 0.5) is 0 Å². The minimum Gasteiger partial charge on any atom is -0.456 e. The van der Waals surface area contributed by atoms with Crippen LogP contribution in [0.5, 0.6) is 0 Å². The van der Waals surface area contributed by atoms with Gasteiger partial charge < -0.3 is 8.83 Å². The minimum atomic E-state index is 0.577. The van der Waals surface area contributed by atoms with Gasteiger partial charge in [0.2, 0.25) is 0 Å². The fourth-order valence-electron chi connectivity index (χ4n) is 7.54. The number of fused-ring (bicyclic) bond motifs is 12. The average Bonchev–Trinajstić information content (AvgIpc) is 3.75. The molecule has 0 saturated carbocycles. The van der Waals surface area contributed by atoms with Crippen LogP contribution in [0, 0.1) is 0 Å². The summed E-state index contributed by atoms with van der Waals surface area (Å²) in [5, 5.41) is 11.5. The Kier molecular flexibility index (Phi) is 5.60. The highest BCUT2D eigenvalue weighted by molar-refractivity contribution is 6.25. The van der Waals surface area contributed by atoms with Crippen molar-refractivity contribution in [3.8, 4) is 34.2 Å². The van der Waals surface area contributed by atoms with E-state index >= 15 is 0 Å². The van der Waals surface area contributed by atoms with Crippen molar-refractivity contribution < 1.29 is 8.83 Å². The standard InChI is InChI=1S/C45H25N3O2/c1-2-11-31-29(9-1)30-10-3-4-12-32(30)37-23-26(17-20-33(31)37)43-46-44(27-19-22-41-38(24-27)35-14-6-8-16-40(35)49-41)48-45(47-43)28-18-21-36-34-13-5-7-15-39(34)50-42(36)25-28/h1-25H. The summed E-state index contributed by atoms with van der Waals surface area (Å²) in [6.45, 7) is 0. The van der Waals surface area contributed by atoms with E-state index in [2.05, 4.69) is 97.1 Å². The van der Waals surface area contributed by atoms with Crippen molar-refractivity contribution in [1.29, 1.82) is 0 Å². The van der Waals surface area contributed by atoms with E-state index in [0.29, 0.717) is 17.5 Å². The highest BCUT2D eigenvalue weighted by atomic mass is 16.3. The maximum Gasteiger partial charge on any atom is 0.164 e. The molecule has 3 aromatic heterocycles. The molecule has 5 nitrogen and oxygen atoms in total. The third-order valence-electron chi connectivity index (χ3n) is 9.91. The molecule has 0 spiro atoms. The van der Waals surface area contributed by atoms with Crippen molar-refractivity contribution in [2.75, 3.05) is 0 Å². The Bertz CT molecular complexity index is 3140. The number of hydrogen-bond acceptors (Lipinski definition) is 5. The number of rotatable bonds is 3. The lowest BCUT2D eigenvalue weighted by Crippen LogP contribution is -2.00. The first-order valence-electron chi connectivity index (χ1n) is 16.7. The Balaban J connectivity index is 1.16. The molecule has 0 fully saturated rings. The summed E-state index contributed by atoms with van der Waals surface area (Å²) >= 11 is 0. The third-order valence-corrected chi connectivity index (χ3v) is 9.91. The van der Waals surface area contributed by atoms with Gasteiger partial charge in [-0.05, 0) is 80.8 Å². The fraction of sp³-hybridized carbons (Fsp3) is 0. The molecule has 3 heterocycles. The number of hydrogen-bond donors (Lipinski definition) is 0. The summed E-state index contributed by atoms with van der Waals surface area (Å²) in [6, 6.07) is 52.3. The van der Waals surface area contributed by atoms with Crippen molar-refractivity contribution in [2.45, 2.75) is 0 Å². The van der Waals surface area contributed by atoms with Gasteiger partial charge in [0.15, 0.2) is 17.5 Å². The van der Waals surface area contributed by atoms with E-state index < -0.39 is 0 Å². The van der Waals surface area contributed by atoms with Gasteiger partial charge in [0, 0.05) is 38.2 Å². The maximum atomic E-state index is 6.27. The van der Waals surface area contributed by atoms with E-state index in [1.807, 2.05) is 54.6 Å². The number of furan rings is 2. The molecule has 11 rings (SSSR count). The minimum absolute atomic E-state index is 0.577. The zero-order valence-corrected chi connectivity index (χ0v) is 26.6. The van der Waals surface area contributed by atoms with Gasteiger partial charge in [-0.2, -0.15) is 0 Å². The Morgan fingerprint density at radius 3 is 1.22 bits per heavy atom. The maximum absolute atomic E-state index is 6.27. The van der Waals surface area contributed by atoms with Gasteiger partial charge >= 0.3 is 0 Å². The molecule has 0 atom stereocenters. The van der Waals surface area contributed by atoms with E-state index in [0.717, 1.165) is 66.0 Å². The Hall–Kier alpha value is -6.85. The van der Waals surface area contributed by atoms with E-state index in [9.17, 15) is 0 Å². The summed E-state index contributed by atoms with van der Waals surface area (Å²) in [7, 11) is 0. The van der Waals surface area contributed by atoms with E-state index in [4.69, 9.17) is 23.8 Å².